The van der Waals surface area contributed by atoms with E-state index >= 15 is 0 Å². The van der Waals surface area contributed by atoms with E-state index in [0.717, 1.165) is 0 Å². The molecule has 42 heavy (non-hydrogen) atoms. The number of hydrogen-bond donors (Lipinski definition) is 6. The molecule has 0 bridgehead atoms. The summed E-state index contributed by atoms with van der Waals surface area (Å²) in [5.41, 5.74) is 0. The molecule has 18 nitrogen and oxygen atoms in total. The van der Waals surface area contributed by atoms with Crippen LogP contribution in [0.15, 0.2) is 0 Å². The van der Waals surface area contributed by atoms with E-state index in [1.54, 1.807) is 41.5 Å². The first-order valence-corrected chi connectivity index (χ1v) is 17.3. The molecule has 0 aliphatic heterocycles. The van der Waals surface area contributed by atoms with Crippen LogP contribution in [0.3, 0.4) is 0 Å². The first-order chi connectivity index (χ1) is 18.9. The summed E-state index contributed by atoms with van der Waals surface area (Å²) >= 11 is 0. The molecule has 0 aromatic heterocycles. The van der Waals surface area contributed by atoms with E-state index in [-0.39, 0.29) is 37.0 Å². The first-order valence-electron chi connectivity index (χ1n) is 12.7. The Morgan fingerprint density at radius 3 is 0.857 bits per heavy atom. The van der Waals surface area contributed by atoms with Crippen LogP contribution in [0.4, 0.5) is 0 Å². The van der Waals surface area contributed by atoms with Crippen molar-refractivity contribution in [2.75, 3.05) is 0 Å². The number of phosphoric ester groups is 3. The van der Waals surface area contributed by atoms with Crippen molar-refractivity contribution >= 4 is 41.4 Å². The molecule has 0 aromatic rings. The van der Waals surface area contributed by atoms with Gasteiger partial charge in [0.2, 0.25) is 0 Å². The van der Waals surface area contributed by atoms with Crippen LogP contribution in [0.25, 0.3) is 0 Å². The fourth-order valence-electron chi connectivity index (χ4n) is 3.96. The molecular formula is C21H39O18P3. The van der Waals surface area contributed by atoms with Gasteiger partial charge in [0.25, 0.3) is 0 Å². The van der Waals surface area contributed by atoms with Crippen molar-refractivity contribution in [2.45, 2.75) is 97.4 Å². The van der Waals surface area contributed by atoms with E-state index in [1.807, 2.05) is 0 Å². The second-order valence-corrected chi connectivity index (χ2v) is 14.4. The smallest absolute Gasteiger partial charge is 0.455 e. The molecule has 1 aliphatic carbocycles. The molecule has 1 fully saturated rings. The van der Waals surface area contributed by atoms with E-state index in [2.05, 4.69) is 13.6 Å². The molecule has 0 saturated heterocycles. The second-order valence-electron chi connectivity index (χ2n) is 10.8. The molecule has 0 heterocycles. The largest absolute Gasteiger partial charge is 0.470 e. The first kappa shape index (κ1) is 38.8. The number of carbonyl (C=O) groups excluding carboxylic acids is 3. The Hall–Kier alpha value is -1.26. The normalized spacial score (nSPS) is 25.5. The summed E-state index contributed by atoms with van der Waals surface area (Å²) in [5, 5.41) is 0. The molecule has 21 heteroatoms. The lowest BCUT2D eigenvalue weighted by atomic mass is 9.84. The minimum absolute atomic E-state index is 0.299. The number of hydrogen-bond acceptors (Lipinski definition) is 12. The number of ether oxygens (including phenoxy) is 3. The van der Waals surface area contributed by atoms with E-state index in [9.17, 15) is 57.4 Å². The lowest BCUT2D eigenvalue weighted by Gasteiger charge is -2.47. The van der Waals surface area contributed by atoms with Crippen molar-refractivity contribution in [1.82, 2.24) is 0 Å². The molecule has 1 aliphatic rings. The summed E-state index contributed by atoms with van der Waals surface area (Å²) in [6.07, 6.45) is -15.1. The van der Waals surface area contributed by atoms with Crippen molar-refractivity contribution in [3.8, 4) is 0 Å². The lowest BCUT2D eigenvalue weighted by molar-refractivity contribution is -0.241. The van der Waals surface area contributed by atoms with Gasteiger partial charge in [-0.1, -0.05) is 41.5 Å². The van der Waals surface area contributed by atoms with Crippen LogP contribution in [0.2, 0.25) is 0 Å². The molecule has 1 saturated carbocycles. The van der Waals surface area contributed by atoms with Crippen LogP contribution in [-0.2, 0) is 55.9 Å². The Kier molecular flexibility index (Phi) is 14.4. The van der Waals surface area contributed by atoms with Crippen molar-refractivity contribution in [3.63, 3.8) is 0 Å². The van der Waals surface area contributed by atoms with E-state index in [4.69, 9.17) is 14.2 Å². The molecule has 1 rings (SSSR count). The topological polar surface area (TPSA) is 279 Å². The van der Waals surface area contributed by atoms with Crippen LogP contribution < -0.4 is 0 Å². The van der Waals surface area contributed by atoms with E-state index in [0.29, 0.717) is 0 Å². The highest BCUT2D eigenvalue weighted by Crippen LogP contribution is 2.51. The average Bonchev–Trinajstić information content (AvgIpc) is 2.71. The highest BCUT2D eigenvalue weighted by Gasteiger charge is 2.62. The highest BCUT2D eigenvalue weighted by molar-refractivity contribution is 7.47. The Balaban J connectivity index is 4.00. The molecule has 0 radical (unpaired) electrons. The van der Waals surface area contributed by atoms with Gasteiger partial charge in [-0.05, 0) is 17.8 Å². The quantitative estimate of drug-likeness (QED) is 0.0812. The van der Waals surface area contributed by atoms with Gasteiger partial charge in [-0.3, -0.25) is 28.0 Å². The molecule has 2 unspecified atom stereocenters. The van der Waals surface area contributed by atoms with Gasteiger partial charge in [0.15, 0.2) is 18.3 Å². The molecule has 6 N–H and O–H groups in total. The molecule has 246 valence electrons. The lowest BCUT2D eigenvalue weighted by Crippen LogP contribution is -2.68. The fraction of sp³-hybridized carbons (Fsp3) is 0.857. The van der Waals surface area contributed by atoms with Crippen LogP contribution in [-0.4, -0.2) is 83.9 Å². The van der Waals surface area contributed by atoms with Gasteiger partial charge in [-0.2, -0.15) is 0 Å². The van der Waals surface area contributed by atoms with E-state index in [1.165, 1.54) is 0 Å². The van der Waals surface area contributed by atoms with Gasteiger partial charge in [0, 0.05) is 19.3 Å². The maximum Gasteiger partial charge on any atom is 0.470 e. The van der Waals surface area contributed by atoms with Crippen LogP contribution >= 0.6 is 23.5 Å². The number of rotatable bonds is 15. The summed E-state index contributed by atoms with van der Waals surface area (Å²) in [7, 11) is -17.1. The summed E-state index contributed by atoms with van der Waals surface area (Å²) in [5.74, 6) is -4.22. The Bertz CT molecular complexity index is 1010. The third kappa shape index (κ3) is 14.5. The number of carbonyl (C=O) groups is 3. The van der Waals surface area contributed by atoms with Crippen molar-refractivity contribution in [3.05, 3.63) is 0 Å². The minimum atomic E-state index is -5.73. The molecule has 6 atom stereocenters. The van der Waals surface area contributed by atoms with Crippen LogP contribution in [0.1, 0.15) is 60.8 Å². The zero-order chi connectivity index (χ0) is 32.8. The van der Waals surface area contributed by atoms with Gasteiger partial charge in [0.1, 0.15) is 18.3 Å². The standard InChI is InChI=1S/C21H39O18P3/c1-10(2)7-13(22)34-16-17(35-14(23)8-11(3)4)19(37-40(25,26)27)21(39-42(31,32)33)20(38-41(28,29)30)18(16)36-15(24)9-12(5)6/h10-12,16-21H,7-9H2,1-6H3,(H2,25,26,27)(H2,28,29,30)(H2,31,32,33)/t16?,17-,18+,19-,20-,21?/m1/s1. The van der Waals surface area contributed by atoms with Crippen molar-refractivity contribution in [2.24, 2.45) is 17.8 Å². The zero-order valence-electron chi connectivity index (χ0n) is 23.7. The Labute approximate surface area is 242 Å². The third-order valence-corrected chi connectivity index (χ3v) is 6.80. The third-order valence-electron chi connectivity index (χ3n) is 5.25. The average molecular weight is 672 g/mol. The zero-order valence-corrected chi connectivity index (χ0v) is 26.4. The number of esters is 3. The van der Waals surface area contributed by atoms with Crippen molar-refractivity contribution < 1.29 is 85.2 Å². The molecule has 0 aromatic carbocycles. The van der Waals surface area contributed by atoms with Gasteiger partial charge < -0.3 is 43.6 Å². The second kappa shape index (κ2) is 15.6. The minimum Gasteiger partial charge on any atom is -0.455 e. The Morgan fingerprint density at radius 1 is 0.476 bits per heavy atom. The van der Waals surface area contributed by atoms with Gasteiger partial charge in [0.05, 0.1) is 0 Å². The van der Waals surface area contributed by atoms with Gasteiger partial charge in [-0.25, -0.2) is 13.7 Å². The molecular weight excluding hydrogens is 633 g/mol. The maximum absolute atomic E-state index is 12.8. The predicted octanol–water partition coefficient (Wildman–Crippen LogP) is 1.31. The summed E-state index contributed by atoms with van der Waals surface area (Å²) < 4.78 is 65.9. The van der Waals surface area contributed by atoms with Gasteiger partial charge >= 0.3 is 41.4 Å². The van der Waals surface area contributed by atoms with Crippen LogP contribution in [0.5, 0.6) is 0 Å². The Morgan fingerprint density at radius 2 is 0.667 bits per heavy atom. The van der Waals surface area contributed by atoms with E-state index < -0.39 is 78.0 Å². The summed E-state index contributed by atoms with van der Waals surface area (Å²) in [4.78, 5) is 95.9. The molecule has 0 amide bonds. The molecule has 0 spiro atoms. The fourth-order valence-corrected chi connectivity index (χ4v) is 5.63. The highest BCUT2D eigenvalue weighted by atomic mass is 31.2. The summed E-state index contributed by atoms with van der Waals surface area (Å²) in [6.45, 7) is 9.65. The number of phosphoric acid groups is 3. The monoisotopic (exact) mass is 672 g/mol. The van der Waals surface area contributed by atoms with Gasteiger partial charge in [-0.15, -0.1) is 0 Å². The van der Waals surface area contributed by atoms with Crippen molar-refractivity contribution in [1.29, 1.82) is 0 Å². The summed E-state index contributed by atoms with van der Waals surface area (Å²) in [6, 6.07) is 0. The maximum atomic E-state index is 12.8. The van der Waals surface area contributed by atoms with Crippen LogP contribution in [0, 0.1) is 17.8 Å². The predicted molar refractivity (Wildman–Crippen MR) is 139 cm³/mol. The SMILES string of the molecule is CC(C)CC(=O)OC1[C@@H](OC(=O)CC(C)C)[C@@H](OP(=O)(O)O)C(OP(=O)(O)O)[C@H](OP(=O)(O)O)[C@H]1OC(=O)CC(C)C.